The highest BCUT2D eigenvalue weighted by atomic mass is 16.5. The van der Waals surface area contributed by atoms with E-state index < -0.39 is 0 Å². The molecule has 1 aromatic heterocycles. The Balaban J connectivity index is 1.62. The van der Waals surface area contributed by atoms with Crippen molar-refractivity contribution in [3.63, 3.8) is 0 Å². The Bertz CT molecular complexity index is 502. The van der Waals surface area contributed by atoms with Gasteiger partial charge < -0.3 is 14.2 Å². The van der Waals surface area contributed by atoms with Crippen LogP contribution in [0.1, 0.15) is 12.2 Å². The predicted molar refractivity (Wildman–Crippen MR) is 78.6 cm³/mol. The van der Waals surface area contributed by atoms with Crippen molar-refractivity contribution in [3.05, 3.63) is 18.2 Å². The van der Waals surface area contributed by atoms with Crippen LogP contribution < -0.4 is 0 Å². The van der Waals surface area contributed by atoms with Gasteiger partial charge in [-0.05, 0) is 12.3 Å². The molecule has 0 aliphatic carbocycles. The smallest absolute Gasteiger partial charge is 0.227 e. The fourth-order valence-electron chi connectivity index (χ4n) is 3.50. The zero-order valence-corrected chi connectivity index (χ0v) is 12.9. The van der Waals surface area contributed by atoms with Gasteiger partial charge in [0.05, 0.1) is 19.1 Å². The third-order valence-corrected chi connectivity index (χ3v) is 4.75. The minimum atomic E-state index is 0.186. The lowest BCUT2D eigenvalue weighted by atomic mass is 9.88. The molecule has 2 fully saturated rings. The van der Waals surface area contributed by atoms with E-state index in [9.17, 15) is 4.79 Å². The van der Waals surface area contributed by atoms with Gasteiger partial charge in [0.1, 0.15) is 5.82 Å². The van der Waals surface area contributed by atoms with Gasteiger partial charge in [-0.1, -0.05) is 0 Å². The number of ether oxygens (including phenoxy) is 1. The Morgan fingerprint density at radius 1 is 1.43 bits per heavy atom. The molecule has 0 radical (unpaired) electrons. The van der Waals surface area contributed by atoms with Crippen molar-refractivity contribution in [1.82, 2.24) is 19.4 Å². The van der Waals surface area contributed by atoms with E-state index >= 15 is 0 Å². The highest BCUT2D eigenvalue weighted by Crippen LogP contribution is 2.32. The van der Waals surface area contributed by atoms with E-state index in [2.05, 4.69) is 14.5 Å². The minimum Gasteiger partial charge on any atom is -0.383 e. The van der Waals surface area contributed by atoms with E-state index in [0.29, 0.717) is 18.4 Å². The number of rotatable bonds is 5. The summed E-state index contributed by atoms with van der Waals surface area (Å²) < 4.78 is 7.27. The second kappa shape index (κ2) is 6.15. The summed E-state index contributed by atoms with van der Waals surface area (Å²) in [6.45, 7) is 5.12. The maximum atomic E-state index is 12.2. The van der Waals surface area contributed by atoms with Crippen LogP contribution in [0.2, 0.25) is 0 Å². The summed E-state index contributed by atoms with van der Waals surface area (Å²) in [5.74, 6) is 2.09. The van der Waals surface area contributed by atoms with Gasteiger partial charge in [-0.25, -0.2) is 4.98 Å². The lowest BCUT2D eigenvalue weighted by Crippen LogP contribution is -2.42. The first-order valence-electron chi connectivity index (χ1n) is 7.65. The number of amides is 1. The van der Waals surface area contributed by atoms with E-state index in [0.717, 1.165) is 45.0 Å². The fraction of sp³-hybridized carbons (Fsp3) is 0.733. The molecule has 1 aromatic rings. The zero-order chi connectivity index (χ0) is 14.8. The van der Waals surface area contributed by atoms with E-state index in [-0.39, 0.29) is 5.92 Å². The maximum absolute atomic E-state index is 12.2. The maximum Gasteiger partial charge on any atom is 0.227 e. The molecule has 116 valence electrons. The molecule has 3 rings (SSSR count). The number of fused-ring (bicyclic) bond motifs is 1. The Morgan fingerprint density at radius 2 is 2.29 bits per heavy atom. The SMILES string of the molecule is COCCn1ccnc1CN1C[C@H]2CCN(C)C(=O)[C@H]2C1. The molecule has 2 atom stereocenters. The van der Waals surface area contributed by atoms with Crippen molar-refractivity contribution in [3.8, 4) is 0 Å². The van der Waals surface area contributed by atoms with Crippen molar-refractivity contribution in [2.75, 3.05) is 40.4 Å². The van der Waals surface area contributed by atoms with E-state index in [4.69, 9.17) is 4.74 Å². The molecule has 0 unspecified atom stereocenters. The van der Waals surface area contributed by atoms with Crippen LogP contribution in [0, 0.1) is 11.8 Å². The third-order valence-electron chi connectivity index (χ3n) is 4.75. The molecule has 0 N–H and O–H groups in total. The lowest BCUT2D eigenvalue weighted by Gasteiger charge is -2.30. The largest absolute Gasteiger partial charge is 0.383 e. The van der Waals surface area contributed by atoms with Gasteiger partial charge in [0, 0.05) is 52.7 Å². The predicted octanol–water partition coefficient (Wildman–Crippen LogP) is 0.440. The topological polar surface area (TPSA) is 50.6 Å². The quantitative estimate of drug-likeness (QED) is 0.790. The van der Waals surface area contributed by atoms with Gasteiger partial charge in [0.15, 0.2) is 0 Å². The number of hydrogen-bond acceptors (Lipinski definition) is 4. The molecular formula is C15H24N4O2. The first kappa shape index (κ1) is 14.5. The van der Waals surface area contributed by atoms with E-state index in [1.54, 1.807) is 7.11 Å². The molecule has 0 aromatic carbocycles. The average Bonchev–Trinajstić information content (AvgIpc) is 3.08. The molecular weight excluding hydrogens is 268 g/mol. The molecule has 6 heteroatoms. The normalized spacial score (nSPS) is 26.4. The number of carbonyl (C=O) groups is 1. The van der Waals surface area contributed by atoms with Gasteiger partial charge >= 0.3 is 0 Å². The molecule has 2 aliphatic rings. The number of likely N-dealkylation sites (tertiary alicyclic amines) is 2. The van der Waals surface area contributed by atoms with Crippen LogP contribution in [0.25, 0.3) is 0 Å². The molecule has 3 heterocycles. The monoisotopic (exact) mass is 292 g/mol. The summed E-state index contributed by atoms with van der Waals surface area (Å²) in [5.41, 5.74) is 0. The van der Waals surface area contributed by atoms with E-state index in [1.165, 1.54) is 0 Å². The number of aromatic nitrogens is 2. The van der Waals surface area contributed by atoms with Crippen molar-refractivity contribution >= 4 is 5.91 Å². The second-order valence-electron chi connectivity index (χ2n) is 6.14. The van der Waals surface area contributed by atoms with Crippen LogP contribution in [0.4, 0.5) is 0 Å². The number of piperidine rings is 1. The molecule has 21 heavy (non-hydrogen) atoms. The van der Waals surface area contributed by atoms with Gasteiger partial charge in [0.25, 0.3) is 0 Å². The van der Waals surface area contributed by atoms with Gasteiger partial charge in [-0.3, -0.25) is 9.69 Å². The van der Waals surface area contributed by atoms with Gasteiger partial charge in [0.2, 0.25) is 5.91 Å². The summed E-state index contributed by atoms with van der Waals surface area (Å²) in [6.07, 6.45) is 4.96. The Morgan fingerprint density at radius 3 is 3.10 bits per heavy atom. The number of carbonyl (C=O) groups excluding carboxylic acids is 1. The van der Waals surface area contributed by atoms with Crippen molar-refractivity contribution in [2.24, 2.45) is 11.8 Å². The summed E-state index contributed by atoms with van der Waals surface area (Å²) in [5, 5.41) is 0. The molecule has 0 saturated carbocycles. The van der Waals surface area contributed by atoms with Crippen molar-refractivity contribution in [2.45, 2.75) is 19.5 Å². The summed E-state index contributed by atoms with van der Waals surface area (Å²) in [6, 6.07) is 0. The van der Waals surface area contributed by atoms with Crippen LogP contribution in [-0.2, 0) is 22.6 Å². The molecule has 2 aliphatic heterocycles. The first-order valence-corrected chi connectivity index (χ1v) is 7.65. The summed E-state index contributed by atoms with van der Waals surface area (Å²) in [4.78, 5) is 20.9. The minimum absolute atomic E-state index is 0.186. The Kier molecular flexibility index (Phi) is 4.26. The number of imidazole rings is 1. The molecule has 1 amide bonds. The second-order valence-corrected chi connectivity index (χ2v) is 6.14. The van der Waals surface area contributed by atoms with E-state index in [1.807, 2.05) is 24.3 Å². The van der Waals surface area contributed by atoms with Crippen molar-refractivity contribution in [1.29, 1.82) is 0 Å². The van der Waals surface area contributed by atoms with Crippen molar-refractivity contribution < 1.29 is 9.53 Å². The molecule has 6 nitrogen and oxygen atoms in total. The molecule has 0 bridgehead atoms. The van der Waals surface area contributed by atoms with Crippen LogP contribution in [0.15, 0.2) is 12.4 Å². The Labute approximate surface area is 125 Å². The summed E-state index contributed by atoms with van der Waals surface area (Å²) >= 11 is 0. The fourth-order valence-corrected chi connectivity index (χ4v) is 3.50. The van der Waals surface area contributed by atoms with Crippen LogP contribution >= 0.6 is 0 Å². The molecule has 0 spiro atoms. The average molecular weight is 292 g/mol. The van der Waals surface area contributed by atoms with Crippen LogP contribution in [0.5, 0.6) is 0 Å². The molecule has 2 saturated heterocycles. The number of nitrogens with zero attached hydrogens (tertiary/aromatic N) is 4. The zero-order valence-electron chi connectivity index (χ0n) is 12.9. The highest BCUT2D eigenvalue weighted by molar-refractivity contribution is 5.80. The highest BCUT2D eigenvalue weighted by Gasteiger charge is 2.41. The summed E-state index contributed by atoms with van der Waals surface area (Å²) in [7, 11) is 3.63. The Hall–Kier alpha value is -1.40. The van der Waals surface area contributed by atoms with Gasteiger partial charge in [-0.2, -0.15) is 0 Å². The van der Waals surface area contributed by atoms with Crippen LogP contribution in [-0.4, -0.2) is 65.7 Å². The number of hydrogen-bond donors (Lipinski definition) is 0. The third kappa shape index (κ3) is 2.96. The number of methoxy groups -OCH3 is 1. The lowest BCUT2D eigenvalue weighted by molar-refractivity contribution is -0.137. The standard InChI is InChI=1S/C15H24N4O2/c1-17-5-3-12-9-18(10-13(12)15(17)20)11-14-16-4-6-19(14)7-8-21-2/h4,6,12-13H,3,5,7-11H2,1-2H3/t12-,13+/m1/s1. The first-order chi connectivity index (χ1) is 10.2. The van der Waals surface area contributed by atoms with Gasteiger partial charge in [-0.15, -0.1) is 0 Å². The van der Waals surface area contributed by atoms with Crippen LogP contribution in [0.3, 0.4) is 0 Å².